The third-order valence-corrected chi connectivity index (χ3v) is 5.31. The predicted octanol–water partition coefficient (Wildman–Crippen LogP) is 5.00. The topological polar surface area (TPSA) is 65.8 Å². The number of carbonyl (C=O) groups is 1. The first-order chi connectivity index (χ1) is 13.5. The van der Waals surface area contributed by atoms with Crippen LogP contribution >= 0.6 is 23.4 Å². The Kier molecular flexibility index (Phi) is 5.07. The fourth-order valence-corrected chi connectivity index (χ4v) is 3.83. The fraction of sp³-hybridized carbons (Fsp3) is 0.0952. The number of aliphatic imine (C=N–C) groups is 1. The third kappa shape index (κ3) is 3.74. The average molecular weight is 410 g/mol. The zero-order valence-electron chi connectivity index (χ0n) is 15.0. The lowest BCUT2D eigenvalue weighted by Crippen LogP contribution is -2.35. The van der Waals surface area contributed by atoms with E-state index in [4.69, 9.17) is 21.7 Å². The Hall–Kier alpha value is -2.83. The largest absolute Gasteiger partial charge is 0.487 e. The Morgan fingerprint density at radius 1 is 1.29 bits per heavy atom. The molecule has 2 aromatic rings. The number of ether oxygens (including phenoxy) is 1. The number of nitrogens with zero attached hydrogens (tertiary/aromatic N) is 2. The van der Waals surface area contributed by atoms with E-state index >= 15 is 0 Å². The molecule has 140 valence electrons. The summed E-state index contributed by atoms with van der Waals surface area (Å²) in [6.07, 6.45) is 3.35. The van der Waals surface area contributed by atoms with Gasteiger partial charge in [0.2, 0.25) is 0 Å². The van der Waals surface area contributed by atoms with E-state index in [2.05, 4.69) is 11.1 Å². The highest BCUT2D eigenvalue weighted by molar-refractivity contribution is 8.16. The van der Waals surface area contributed by atoms with Crippen molar-refractivity contribution in [1.82, 2.24) is 4.90 Å². The van der Waals surface area contributed by atoms with E-state index in [0.29, 0.717) is 28.1 Å². The summed E-state index contributed by atoms with van der Waals surface area (Å²) in [6.45, 7) is 2.45. The Balaban J connectivity index is 1.53. The molecule has 7 heteroatoms. The number of rotatable bonds is 4. The second kappa shape index (κ2) is 7.66. The number of benzene rings is 2. The van der Waals surface area contributed by atoms with Gasteiger partial charge in [-0.3, -0.25) is 15.1 Å². The van der Waals surface area contributed by atoms with Gasteiger partial charge in [-0.05, 0) is 41.7 Å². The van der Waals surface area contributed by atoms with E-state index in [-0.39, 0.29) is 11.4 Å². The number of amides is 1. The quantitative estimate of drug-likeness (QED) is 0.721. The van der Waals surface area contributed by atoms with Gasteiger partial charge in [-0.1, -0.05) is 59.3 Å². The number of amidine groups is 2. The van der Waals surface area contributed by atoms with Crippen LogP contribution in [0.1, 0.15) is 16.7 Å². The van der Waals surface area contributed by atoms with Gasteiger partial charge in [0, 0.05) is 6.20 Å². The van der Waals surface area contributed by atoms with Gasteiger partial charge in [-0.15, -0.1) is 0 Å². The first-order valence-corrected chi connectivity index (χ1v) is 9.81. The summed E-state index contributed by atoms with van der Waals surface area (Å²) in [5.74, 6) is 0.241. The number of halogens is 1. The van der Waals surface area contributed by atoms with Crippen molar-refractivity contribution in [3.63, 3.8) is 0 Å². The van der Waals surface area contributed by atoms with Gasteiger partial charge in [0.25, 0.3) is 5.91 Å². The van der Waals surface area contributed by atoms with Gasteiger partial charge in [0.05, 0.1) is 10.6 Å². The lowest BCUT2D eigenvalue weighted by atomic mass is 10.1. The lowest BCUT2D eigenvalue weighted by Gasteiger charge is -2.22. The summed E-state index contributed by atoms with van der Waals surface area (Å²) in [6, 6.07) is 13.4. The van der Waals surface area contributed by atoms with E-state index in [1.54, 1.807) is 40.8 Å². The van der Waals surface area contributed by atoms with Crippen LogP contribution in [0, 0.1) is 12.3 Å². The summed E-state index contributed by atoms with van der Waals surface area (Å²) in [4.78, 5) is 17.9. The van der Waals surface area contributed by atoms with Crippen molar-refractivity contribution in [2.24, 2.45) is 4.99 Å². The molecule has 0 fully saturated rings. The van der Waals surface area contributed by atoms with Gasteiger partial charge >= 0.3 is 0 Å². The summed E-state index contributed by atoms with van der Waals surface area (Å²) < 4.78 is 5.82. The first-order valence-electron chi connectivity index (χ1n) is 8.55. The molecule has 0 saturated carbocycles. The van der Waals surface area contributed by atoms with Crippen LogP contribution in [0.5, 0.6) is 5.75 Å². The highest BCUT2D eigenvalue weighted by Crippen LogP contribution is 2.30. The molecular weight excluding hydrogens is 394 g/mol. The van der Waals surface area contributed by atoms with Crippen molar-refractivity contribution in [1.29, 1.82) is 5.41 Å². The minimum atomic E-state index is -0.427. The molecule has 5 nitrogen and oxygen atoms in total. The van der Waals surface area contributed by atoms with Gasteiger partial charge < -0.3 is 4.74 Å². The van der Waals surface area contributed by atoms with Gasteiger partial charge in [-0.25, -0.2) is 0 Å². The highest BCUT2D eigenvalue weighted by atomic mass is 35.5. The molecule has 0 unspecified atom stereocenters. The van der Waals surface area contributed by atoms with Crippen LogP contribution in [-0.4, -0.2) is 21.8 Å². The van der Waals surface area contributed by atoms with Gasteiger partial charge in [0.1, 0.15) is 18.2 Å². The van der Waals surface area contributed by atoms with Gasteiger partial charge in [-0.2, -0.15) is 4.99 Å². The van der Waals surface area contributed by atoms with E-state index in [0.717, 1.165) is 5.56 Å². The maximum atomic E-state index is 12.3. The molecule has 0 radical (unpaired) electrons. The van der Waals surface area contributed by atoms with E-state index < -0.39 is 5.91 Å². The Morgan fingerprint density at radius 3 is 2.93 bits per heavy atom. The number of carbonyl (C=O) groups excluding carboxylic acids is 1. The monoisotopic (exact) mass is 409 g/mol. The molecule has 0 spiro atoms. The molecule has 4 rings (SSSR count). The predicted molar refractivity (Wildman–Crippen MR) is 114 cm³/mol. The normalized spacial score (nSPS) is 17.1. The molecule has 0 aliphatic carbocycles. The number of fused-ring (bicyclic) bond motifs is 1. The van der Waals surface area contributed by atoms with Crippen LogP contribution in [0.3, 0.4) is 0 Å². The summed E-state index contributed by atoms with van der Waals surface area (Å²) in [5.41, 5.74) is 3.16. The number of hydrogen-bond donors (Lipinski definition) is 1. The summed E-state index contributed by atoms with van der Waals surface area (Å²) in [7, 11) is 0. The standard InChI is InChI=1S/C21H16ClN3O2S/c1-13-3-2-4-15(9-13)12-27-18-6-5-14(11-17(18)22)10-16-19(23)25-7-8-28-21(25)24-20(16)26/h2-11,23H,12H2,1H3/b16-10-,23-19?. The number of thioether (sulfide) groups is 1. The highest BCUT2D eigenvalue weighted by Gasteiger charge is 2.30. The fourth-order valence-electron chi connectivity index (χ4n) is 2.88. The third-order valence-electron chi connectivity index (χ3n) is 4.26. The molecule has 0 atom stereocenters. The van der Waals surface area contributed by atoms with Crippen LogP contribution in [-0.2, 0) is 11.4 Å². The minimum absolute atomic E-state index is 0.104. The van der Waals surface area contributed by atoms with Crippen LogP contribution in [0.25, 0.3) is 6.08 Å². The van der Waals surface area contributed by atoms with Crippen LogP contribution in [0.2, 0.25) is 5.02 Å². The first kappa shape index (κ1) is 18.5. The molecule has 2 heterocycles. The Bertz CT molecular complexity index is 1080. The number of aryl methyl sites for hydroxylation is 1. The molecule has 0 saturated heterocycles. The van der Waals surface area contributed by atoms with Gasteiger partial charge in [0.15, 0.2) is 5.17 Å². The van der Waals surface area contributed by atoms with E-state index in [1.807, 2.05) is 25.1 Å². The second-order valence-corrected chi connectivity index (χ2v) is 7.63. The van der Waals surface area contributed by atoms with E-state index in [9.17, 15) is 4.79 Å². The number of nitrogens with one attached hydrogen (secondary N) is 1. The zero-order chi connectivity index (χ0) is 19.7. The summed E-state index contributed by atoms with van der Waals surface area (Å²) in [5, 5.41) is 11.0. The molecule has 1 N–H and O–H groups in total. The van der Waals surface area contributed by atoms with Crippen molar-refractivity contribution < 1.29 is 9.53 Å². The van der Waals surface area contributed by atoms with Crippen LogP contribution in [0.15, 0.2) is 64.6 Å². The molecule has 2 aromatic carbocycles. The van der Waals surface area contributed by atoms with Crippen molar-refractivity contribution in [3.8, 4) is 5.75 Å². The lowest BCUT2D eigenvalue weighted by molar-refractivity contribution is -0.114. The molecular formula is C21H16ClN3O2S. The van der Waals surface area contributed by atoms with E-state index in [1.165, 1.54) is 17.3 Å². The van der Waals surface area contributed by atoms with Crippen molar-refractivity contribution in [2.45, 2.75) is 13.5 Å². The maximum Gasteiger partial charge on any atom is 0.283 e. The second-order valence-electron chi connectivity index (χ2n) is 6.35. The maximum absolute atomic E-state index is 12.3. The molecule has 1 amide bonds. The van der Waals surface area contributed by atoms with Crippen LogP contribution < -0.4 is 4.74 Å². The van der Waals surface area contributed by atoms with Crippen LogP contribution in [0.4, 0.5) is 0 Å². The molecule has 0 aromatic heterocycles. The Labute approximate surface area is 171 Å². The smallest absolute Gasteiger partial charge is 0.283 e. The Morgan fingerprint density at radius 2 is 2.14 bits per heavy atom. The van der Waals surface area contributed by atoms with Crippen molar-refractivity contribution >= 4 is 46.3 Å². The molecule has 2 aliphatic rings. The minimum Gasteiger partial charge on any atom is -0.487 e. The summed E-state index contributed by atoms with van der Waals surface area (Å²) >= 11 is 7.68. The number of hydrogen-bond acceptors (Lipinski definition) is 4. The average Bonchev–Trinajstić information content (AvgIpc) is 3.13. The molecule has 0 bridgehead atoms. The molecule has 2 aliphatic heterocycles. The zero-order valence-corrected chi connectivity index (χ0v) is 16.6. The van der Waals surface area contributed by atoms with Crippen molar-refractivity contribution in [2.75, 3.05) is 0 Å². The van der Waals surface area contributed by atoms with Crippen molar-refractivity contribution in [3.05, 3.63) is 81.4 Å². The SMILES string of the molecule is Cc1cccc(COc2ccc(/C=C3/C(=N)N4C=CSC4=NC3=O)cc2Cl)c1. The molecule has 28 heavy (non-hydrogen) atoms.